The highest BCUT2D eigenvalue weighted by Crippen LogP contribution is 2.41. The van der Waals surface area contributed by atoms with Crippen LogP contribution in [0.5, 0.6) is 11.5 Å². The largest absolute Gasteiger partial charge is 0.457 e. The smallest absolute Gasteiger partial charge is 0.255 e. The van der Waals surface area contributed by atoms with Crippen LogP contribution in [0.2, 0.25) is 0 Å². The number of nitrogens with zero attached hydrogens (tertiary/aromatic N) is 4. The Morgan fingerprint density at radius 3 is 1.98 bits per heavy atom. The Morgan fingerprint density at radius 1 is 0.610 bits per heavy atom. The molecule has 0 bridgehead atoms. The van der Waals surface area contributed by atoms with Crippen LogP contribution >= 0.6 is 0 Å². The molecule has 6 aromatic carbocycles. The monoisotopic (exact) mass is 773 g/mol. The van der Waals surface area contributed by atoms with Crippen LogP contribution in [0.25, 0.3) is 61.2 Å². The third-order valence-electron chi connectivity index (χ3n) is 11.9. The van der Waals surface area contributed by atoms with Crippen molar-refractivity contribution in [3.05, 3.63) is 174 Å². The second kappa shape index (κ2) is 14.7. The van der Waals surface area contributed by atoms with Gasteiger partial charge in [-0.25, -0.2) is 4.98 Å². The molecule has 0 saturated carbocycles. The van der Waals surface area contributed by atoms with E-state index >= 15 is 0 Å². The minimum absolute atomic E-state index is 0.0138. The maximum atomic E-state index is 7.06. The van der Waals surface area contributed by atoms with Crippen LogP contribution in [0.1, 0.15) is 88.1 Å². The van der Waals surface area contributed by atoms with E-state index in [0.29, 0.717) is 11.8 Å². The first-order chi connectivity index (χ1) is 28.4. The maximum absolute atomic E-state index is 7.06. The Morgan fingerprint density at radius 2 is 1.27 bits per heavy atom. The minimum atomic E-state index is -0.0138. The summed E-state index contributed by atoms with van der Waals surface area (Å²) in [4.78, 5) is 4.92. The summed E-state index contributed by atoms with van der Waals surface area (Å²) in [6, 6.07) is 48.1. The van der Waals surface area contributed by atoms with Crippen molar-refractivity contribution in [1.29, 1.82) is 0 Å². The molecule has 0 N–H and O–H groups in total. The van der Waals surface area contributed by atoms with Gasteiger partial charge in [0.15, 0.2) is 11.0 Å². The molecule has 0 aliphatic carbocycles. The Labute approximate surface area is 348 Å². The van der Waals surface area contributed by atoms with Gasteiger partial charge in [-0.3, -0.25) is 4.57 Å². The van der Waals surface area contributed by atoms with Gasteiger partial charge < -0.3 is 4.74 Å². The number of fused-ring (bicyclic) bond motifs is 4. The average molecular weight is 774 g/mol. The molecular formula is C54H53N4O+. The van der Waals surface area contributed by atoms with Crippen LogP contribution in [-0.2, 0) is 5.41 Å². The molecule has 3 aromatic heterocycles. The fourth-order valence-electron chi connectivity index (χ4n) is 8.90. The van der Waals surface area contributed by atoms with E-state index in [0.717, 1.165) is 56.0 Å². The lowest BCUT2D eigenvalue weighted by Crippen LogP contribution is -2.29. The van der Waals surface area contributed by atoms with Gasteiger partial charge in [0, 0.05) is 29.1 Å². The Balaban J connectivity index is 1.26. The van der Waals surface area contributed by atoms with Gasteiger partial charge in [-0.15, -0.1) is 0 Å². The summed E-state index contributed by atoms with van der Waals surface area (Å²) < 4.78 is 14.0. The molecule has 3 heterocycles. The third kappa shape index (κ3) is 6.78. The number of rotatable bonds is 8. The fraction of sp³-hybridized carbons (Fsp3) is 0.222. The number of aryl methyl sites for hydroxylation is 2. The number of hydrogen-bond donors (Lipinski definition) is 0. The summed E-state index contributed by atoms with van der Waals surface area (Å²) in [5.74, 6) is 3.11. The number of imidazole rings is 1. The number of pyridine rings is 1. The standard InChI is InChI=1S/C54H53N4O/c1-34(2)43-19-15-20-44(35(3)4)52(43)38-28-40(56-33-57(49-23-13-12-22-48(49)56)53-36(5)16-14-17-37(53)6)31-42(29-38)59-41-24-25-46-45-18-10-11-21-47(45)58(50(46)32-41)51-30-39(26-27-55-51)54(7,8)9/h10-35H,1-9H3/q+1. The second-order valence-electron chi connectivity index (χ2n) is 17.7. The summed E-state index contributed by atoms with van der Waals surface area (Å²) >= 11 is 0. The number of aromatic nitrogens is 4. The van der Waals surface area contributed by atoms with Gasteiger partial charge in [-0.2, -0.15) is 9.13 Å². The van der Waals surface area contributed by atoms with Crippen LogP contribution in [0.15, 0.2) is 146 Å². The molecule has 9 aromatic rings. The number of hydrogen-bond acceptors (Lipinski definition) is 2. The van der Waals surface area contributed by atoms with Crippen LogP contribution < -0.4 is 9.30 Å². The van der Waals surface area contributed by atoms with Crippen LogP contribution in [0, 0.1) is 13.8 Å². The van der Waals surface area contributed by atoms with E-state index in [-0.39, 0.29) is 5.41 Å². The SMILES string of the molecule is Cc1cccc(C)c1-n1c[n+](-c2cc(Oc3ccc4c5ccccc5n(-c5cc(C(C)(C)C)ccn5)c4c3)cc(-c3c(C(C)C)cccc3C(C)C)c2)c2ccccc21. The van der Waals surface area contributed by atoms with E-state index in [4.69, 9.17) is 9.72 Å². The van der Waals surface area contributed by atoms with Gasteiger partial charge in [0.2, 0.25) is 0 Å². The number of benzene rings is 6. The van der Waals surface area contributed by atoms with Crippen molar-refractivity contribution in [2.24, 2.45) is 0 Å². The van der Waals surface area contributed by atoms with Crippen molar-refractivity contribution in [2.75, 3.05) is 0 Å². The molecule has 5 heteroatoms. The summed E-state index contributed by atoms with van der Waals surface area (Å²) in [6.07, 6.45) is 4.17. The zero-order chi connectivity index (χ0) is 41.2. The molecule has 0 fully saturated rings. The van der Waals surface area contributed by atoms with Gasteiger partial charge in [0.1, 0.15) is 28.7 Å². The predicted molar refractivity (Wildman–Crippen MR) is 245 cm³/mol. The normalized spacial score (nSPS) is 12.1. The average Bonchev–Trinajstić information content (AvgIpc) is 3.76. The molecule has 0 spiro atoms. The lowest BCUT2D eigenvalue weighted by molar-refractivity contribution is -0.567. The van der Waals surface area contributed by atoms with Crippen LogP contribution in [0.3, 0.4) is 0 Å². The zero-order valence-electron chi connectivity index (χ0n) is 35.7. The quantitative estimate of drug-likeness (QED) is 0.144. The van der Waals surface area contributed by atoms with Gasteiger partial charge in [0.05, 0.1) is 11.0 Å². The highest BCUT2D eigenvalue weighted by atomic mass is 16.5. The van der Waals surface area contributed by atoms with E-state index in [1.165, 1.54) is 44.5 Å². The molecule has 5 nitrogen and oxygen atoms in total. The van der Waals surface area contributed by atoms with E-state index in [2.05, 4.69) is 216 Å². The summed E-state index contributed by atoms with van der Waals surface area (Å²) in [5.41, 5.74) is 15.4. The molecule has 0 radical (unpaired) electrons. The molecule has 0 unspecified atom stereocenters. The van der Waals surface area contributed by atoms with E-state index in [1.54, 1.807) is 0 Å². The molecule has 0 saturated heterocycles. The molecular weight excluding hydrogens is 721 g/mol. The first-order valence-corrected chi connectivity index (χ1v) is 20.9. The van der Waals surface area contributed by atoms with Gasteiger partial charge in [-0.05, 0) is 125 Å². The van der Waals surface area contributed by atoms with Gasteiger partial charge >= 0.3 is 0 Å². The topological polar surface area (TPSA) is 35.9 Å². The first-order valence-electron chi connectivity index (χ1n) is 20.9. The summed E-state index contributed by atoms with van der Waals surface area (Å²) in [6.45, 7) is 20.3. The van der Waals surface area contributed by atoms with Crippen molar-refractivity contribution in [3.8, 4) is 39.8 Å². The van der Waals surface area contributed by atoms with Crippen molar-refractivity contribution in [1.82, 2.24) is 14.1 Å². The highest BCUT2D eigenvalue weighted by Gasteiger charge is 2.25. The maximum Gasteiger partial charge on any atom is 0.255 e. The fourth-order valence-corrected chi connectivity index (χ4v) is 8.90. The molecule has 294 valence electrons. The molecule has 0 amide bonds. The molecule has 0 aliphatic heterocycles. The highest BCUT2D eigenvalue weighted by molar-refractivity contribution is 6.09. The molecule has 59 heavy (non-hydrogen) atoms. The Bertz CT molecular complexity index is 3000. The van der Waals surface area contributed by atoms with Crippen molar-refractivity contribution >= 4 is 32.8 Å². The van der Waals surface area contributed by atoms with Crippen LogP contribution in [0.4, 0.5) is 0 Å². The summed E-state index contributed by atoms with van der Waals surface area (Å²) in [7, 11) is 0. The Hall–Kier alpha value is -6.46. The predicted octanol–water partition coefficient (Wildman–Crippen LogP) is 14.0. The number of para-hydroxylation sites is 4. The van der Waals surface area contributed by atoms with Crippen molar-refractivity contribution in [2.45, 2.75) is 79.6 Å². The first kappa shape index (κ1) is 38.1. The summed E-state index contributed by atoms with van der Waals surface area (Å²) in [5, 5.41) is 2.34. The minimum Gasteiger partial charge on any atom is -0.457 e. The molecule has 0 aliphatic rings. The lowest BCUT2D eigenvalue weighted by Gasteiger charge is -2.21. The van der Waals surface area contributed by atoms with Gasteiger partial charge in [-0.1, -0.05) is 115 Å². The number of ether oxygens (including phenoxy) is 1. The molecule has 0 atom stereocenters. The van der Waals surface area contributed by atoms with Gasteiger partial charge in [0.25, 0.3) is 6.33 Å². The van der Waals surface area contributed by atoms with E-state index in [9.17, 15) is 0 Å². The van der Waals surface area contributed by atoms with Crippen molar-refractivity contribution in [3.63, 3.8) is 0 Å². The third-order valence-corrected chi connectivity index (χ3v) is 11.9. The second-order valence-corrected chi connectivity index (χ2v) is 17.7. The Kier molecular flexibility index (Phi) is 9.51. The lowest BCUT2D eigenvalue weighted by atomic mass is 9.85. The van der Waals surface area contributed by atoms with Crippen molar-refractivity contribution < 1.29 is 9.30 Å². The van der Waals surface area contributed by atoms with E-state index < -0.39 is 0 Å². The van der Waals surface area contributed by atoms with E-state index in [1.807, 2.05) is 6.20 Å². The zero-order valence-corrected chi connectivity index (χ0v) is 35.7. The molecule has 9 rings (SSSR count). The van der Waals surface area contributed by atoms with Crippen LogP contribution in [-0.4, -0.2) is 14.1 Å².